The van der Waals surface area contributed by atoms with Gasteiger partial charge in [-0.25, -0.2) is 4.98 Å². The van der Waals surface area contributed by atoms with Crippen LogP contribution in [-0.2, 0) is 27.3 Å². The standard InChI is InChI=1S/C20H27N3O3/c1-4-26-19(24)14-23-17-11-8-7-10-16(17)22-18(23)12-6-5-9-13-21-20(25)15(2)3/h7-8,10-11H,2,4-6,9,12-14H2,1,3H3,(H,21,25). The number of esters is 1. The lowest BCUT2D eigenvalue weighted by atomic mass is 10.2. The summed E-state index contributed by atoms with van der Waals surface area (Å²) in [7, 11) is 0. The second-order valence-electron chi connectivity index (χ2n) is 6.25. The van der Waals surface area contributed by atoms with Crippen molar-refractivity contribution in [3.05, 3.63) is 42.2 Å². The Bertz CT molecular complexity index is 780. The highest BCUT2D eigenvalue weighted by Crippen LogP contribution is 2.18. The number of hydrogen-bond donors (Lipinski definition) is 1. The molecule has 0 saturated carbocycles. The minimum absolute atomic E-state index is 0.0961. The Morgan fingerprint density at radius 1 is 1.23 bits per heavy atom. The van der Waals surface area contributed by atoms with E-state index in [0.717, 1.165) is 42.5 Å². The Balaban J connectivity index is 1.92. The first-order chi connectivity index (χ1) is 12.5. The maximum Gasteiger partial charge on any atom is 0.326 e. The lowest BCUT2D eigenvalue weighted by molar-refractivity contribution is -0.143. The minimum atomic E-state index is -0.251. The van der Waals surface area contributed by atoms with Crippen LogP contribution in [0.3, 0.4) is 0 Å². The van der Waals surface area contributed by atoms with E-state index < -0.39 is 0 Å². The predicted molar refractivity (Wildman–Crippen MR) is 102 cm³/mol. The third-order valence-electron chi connectivity index (χ3n) is 4.08. The average Bonchev–Trinajstić information content (AvgIpc) is 2.95. The molecule has 0 saturated heterocycles. The fraction of sp³-hybridized carbons (Fsp3) is 0.450. The van der Waals surface area contributed by atoms with Crippen LogP contribution in [0.5, 0.6) is 0 Å². The van der Waals surface area contributed by atoms with E-state index in [2.05, 4.69) is 16.9 Å². The summed E-state index contributed by atoms with van der Waals surface area (Å²) in [6, 6.07) is 7.81. The molecule has 0 bridgehead atoms. The van der Waals surface area contributed by atoms with Crippen molar-refractivity contribution in [1.29, 1.82) is 0 Å². The molecule has 26 heavy (non-hydrogen) atoms. The first-order valence-corrected chi connectivity index (χ1v) is 9.06. The van der Waals surface area contributed by atoms with Gasteiger partial charge in [-0.2, -0.15) is 0 Å². The van der Waals surface area contributed by atoms with Crippen LogP contribution in [0.1, 0.15) is 38.9 Å². The molecule has 0 atom stereocenters. The molecular weight excluding hydrogens is 330 g/mol. The molecule has 1 aromatic heterocycles. The first-order valence-electron chi connectivity index (χ1n) is 9.06. The highest BCUT2D eigenvalue weighted by molar-refractivity contribution is 5.92. The van der Waals surface area contributed by atoms with Crippen LogP contribution in [-0.4, -0.2) is 34.6 Å². The number of imidazole rings is 1. The molecule has 1 N–H and O–H groups in total. The van der Waals surface area contributed by atoms with Gasteiger partial charge in [0.2, 0.25) is 5.91 Å². The number of aryl methyl sites for hydroxylation is 1. The van der Waals surface area contributed by atoms with Crippen molar-refractivity contribution in [3.63, 3.8) is 0 Å². The van der Waals surface area contributed by atoms with Gasteiger partial charge in [-0.15, -0.1) is 0 Å². The van der Waals surface area contributed by atoms with Crippen LogP contribution in [0.4, 0.5) is 0 Å². The van der Waals surface area contributed by atoms with Crippen molar-refractivity contribution in [1.82, 2.24) is 14.9 Å². The summed E-state index contributed by atoms with van der Waals surface area (Å²) in [6.45, 7) is 8.31. The number of para-hydroxylation sites is 2. The first kappa shape index (κ1) is 19.7. The van der Waals surface area contributed by atoms with E-state index in [4.69, 9.17) is 4.74 Å². The molecule has 0 fully saturated rings. The Labute approximate surface area is 154 Å². The molecule has 0 spiro atoms. The number of nitrogens with zero attached hydrogens (tertiary/aromatic N) is 2. The topological polar surface area (TPSA) is 73.2 Å². The third-order valence-corrected chi connectivity index (χ3v) is 4.08. The molecule has 0 radical (unpaired) electrons. The number of carbonyl (C=O) groups is 2. The van der Waals surface area contributed by atoms with Gasteiger partial charge in [0.15, 0.2) is 0 Å². The third kappa shape index (κ3) is 5.44. The number of ether oxygens (including phenoxy) is 1. The van der Waals surface area contributed by atoms with Crippen LogP contribution in [0.15, 0.2) is 36.4 Å². The van der Waals surface area contributed by atoms with Crippen molar-refractivity contribution < 1.29 is 14.3 Å². The molecule has 1 aromatic carbocycles. The van der Waals surface area contributed by atoms with Gasteiger partial charge in [-0.05, 0) is 38.8 Å². The van der Waals surface area contributed by atoms with E-state index in [-0.39, 0.29) is 18.4 Å². The number of hydrogen-bond acceptors (Lipinski definition) is 4. The minimum Gasteiger partial charge on any atom is -0.465 e. The highest BCUT2D eigenvalue weighted by Gasteiger charge is 2.13. The maximum atomic E-state index is 11.9. The van der Waals surface area contributed by atoms with Gasteiger partial charge in [0, 0.05) is 18.5 Å². The summed E-state index contributed by atoms with van der Waals surface area (Å²) in [5, 5.41) is 2.83. The normalized spacial score (nSPS) is 10.7. The molecule has 1 heterocycles. The number of rotatable bonds is 10. The molecule has 6 nitrogen and oxygen atoms in total. The average molecular weight is 357 g/mol. The monoisotopic (exact) mass is 357 g/mol. The van der Waals surface area contributed by atoms with Crippen molar-refractivity contribution >= 4 is 22.9 Å². The van der Waals surface area contributed by atoms with Gasteiger partial charge < -0.3 is 14.6 Å². The molecule has 0 unspecified atom stereocenters. The van der Waals surface area contributed by atoms with Gasteiger partial charge in [-0.3, -0.25) is 9.59 Å². The van der Waals surface area contributed by atoms with Crippen molar-refractivity contribution in [2.75, 3.05) is 13.2 Å². The molecule has 2 rings (SSSR count). The SMILES string of the molecule is C=C(C)C(=O)NCCCCCc1nc2ccccc2n1CC(=O)OCC. The number of aromatic nitrogens is 2. The summed E-state index contributed by atoms with van der Waals surface area (Å²) in [5.74, 6) is 0.547. The fourth-order valence-corrected chi connectivity index (χ4v) is 2.77. The number of amides is 1. The fourth-order valence-electron chi connectivity index (χ4n) is 2.77. The van der Waals surface area contributed by atoms with Crippen molar-refractivity contribution in [2.45, 2.75) is 46.1 Å². The molecule has 2 aromatic rings. The van der Waals surface area contributed by atoms with E-state index in [9.17, 15) is 9.59 Å². The van der Waals surface area contributed by atoms with Gasteiger partial charge >= 0.3 is 5.97 Å². The zero-order valence-corrected chi connectivity index (χ0v) is 15.6. The van der Waals surface area contributed by atoms with E-state index in [1.807, 2.05) is 28.8 Å². The predicted octanol–water partition coefficient (Wildman–Crippen LogP) is 3.00. The number of benzene rings is 1. The number of fused-ring (bicyclic) bond motifs is 1. The second kappa shape index (κ2) is 9.75. The summed E-state index contributed by atoms with van der Waals surface area (Å²) in [6.07, 6.45) is 3.59. The second-order valence-corrected chi connectivity index (χ2v) is 6.25. The van der Waals surface area contributed by atoms with Crippen molar-refractivity contribution in [2.24, 2.45) is 0 Å². The number of nitrogens with one attached hydrogen (secondary N) is 1. The van der Waals surface area contributed by atoms with Gasteiger partial charge in [0.25, 0.3) is 0 Å². The Morgan fingerprint density at radius 2 is 2.00 bits per heavy atom. The molecule has 140 valence electrons. The molecule has 0 aliphatic heterocycles. The zero-order chi connectivity index (χ0) is 18.9. The van der Waals surface area contributed by atoms with Gasteiger partial charge in [-0.1, -0.05) is 25.1 Å². The molecule has 0 aliphatic rings. The lowest BCUT2D eigenvalue weighted by Gasteiger charge is -2.09. The van der Waals surface area contributed by atoms with Crippen LogP contribution < -0.4 is 5.32 Å². The number of unbranched alkanes of at least 4 members (excludes halogenated alkanes) is 2. The quantitative estimate of drug-likeness (QED) is 0.403. The molecule has 1 amide bonds. The lowest BCUT2D eigenvalue weighted by Crippen LogP contribution is -2.24. The highest BCUT2D eigenvalue weighted by atomic mass is 16.5. The van der Waals surface area contributed by atoms with Gasteiger partial charge in [0.05, 0.1) is 17.6 Å². The molecule has 6 heteroatoms. The van der Waals surface area contributed by atoms with E-state index in [0.29, 0.717) is 18.7 Å². The summed E-state index contributed by atoms with van der Waals surface area (Å²) < 4.78 is 7.02. The van der Waals surface area contributed by atoms with E-state index in [1.54, 1.807) is 13.8 Å². The van der Waals surface area contributed by atoms with Crippen molar-refractivity contribution in [3.8, 4) is 0 Å². The Morgan fingerprint density at radius 3 is 2.73 bits per heavy atom. The summed E-state index contributed by atoms with van der Waals surface area (Å²) in [4.78, 5) is 28.0. The Hall–Kier alpha value is -2.63. The van der Waals surface area contributed by atoms with Crippen LogP contribution >= 0.6 is 0 Å². The van der Waals surface area contributed by atoms with Crippen LogP contribution in [0, 0.1) is 0 Å². The summed E-state index contributed by atoms with van der Waals surface area (Å²) in [5.41, 5.74) is 2.36. The van der Waals surface area contributed by atoms with Gasteiger partial charge in [0.1, 0.15) is 12.4 Å². The van der Waals surface area contributed by atoms with Crippen LogP contribution in [0.2, 0.25) is 0 Å². The van der Waals surface area contributed by atoms with Crippen LogP contribution in [0.25, 0.3) is 11.0 Å². The molecular formula is C20H27N3O3. The van der Waals surface area contributed by atoms with E-state index >= 15 is 0 Å². The largest absolute Gasteiger partial charge is 0.465 e. The zero-order valence-electron chi connectivity index (χ0n) is 15.6. The van der Waals surface area contributed by atoms with E-state index in [1.165, 1.54) is 0 Å². The summed E-state index contributed by atoms with van der Waals surface area (Å²) >= 11 is 0. The molecule has 0 aliphatic carbocycles. The Kier molecular flexibility index (Phi) is 7.38. The maximum absolute atomic E-state index is 11.9. The smallest absolute Gasteiger partial charge is 0.326 e. The number of carbonyl (C=O) groups excluding carboxylic acids is 2.